The standard InChI is InChI=1S/C13H11NO/c14-6-5-11-8-15-13-4-3-10(7-12(11)13)9-1-2-9/h3-4,7-9H,1-2,5H2. The van der Waals surface area contributed by atoms with Crippen molar-refractivity contribution < 1.29 is 4.42 Å². The van der Waals surface area contributed by atoms with Crippen molar-refractivity contribution >= 4 is 11.0 Å². The molecule has 0 N–H and O–H groups in total. The van der Waals surface area contributed by atoms with Crippen molar-refractivity contribution in [3.63, 3.8) is 0 Å². The summed E-state index contributed by atoms with van der Waals surface area (Å²) >= 11 is 0. The minimum Gasteiger partial charge on any atom is -0.464 e. The maximum Gasteiger partial charge on any atom is 0.134 e. The number of nitriles is 1. The average Bonchev–Trinajstić information content (AvgIpc) is 3.03. The summed E-state index contributed by atoms with van der Waals surface area (Å²) in [7, 11) is 0. The van der Waals surface area contributed by atoms with E-state index in [1.165, 1.54) is 18.4 Å². The summed E-state index contributed by atoms with van der Waals surface area (Å²) in [6.45, 7) is 0. The molecule has 2 heteroatoms. The van der Waals surface area contributed by atoms with Gasteiger partial charge in [-0.05, 0) is 36.5 Å². The van der Waals surface area contributed by atoms with Crippen molar-refractivity contribution in [1.82, 2.24) is 0 Å². The summed E-state index contributed by atoms with van der Waals surface area (Å²) < 4.78 is 5.41. The molecule has 74 valence electrons. The van der Waals surface area contributed by atoms with Crippen molar-refractivity contribution in [3.8, 4) is 6.07 Å². The highest BCUT2D eigenvalue weighted by molar-refractivity contribution is 5.82. The molecule has 0 atom stereocenters. The Morgan fingerprint density at radius 3 is 3.00 bits per heavy atom. The van der Waals surface area contributed by atoms with Gasteiger partial charge in [0.1, 0.15) is 5.58 Å². The molecule has 2 nitrogen and oxygen atoms in total. The molecule has 0 saturated heterocycles. The first-order valence-electron chi connectivity index (χ1n) is 5.25. The van der Waals surface area contributed by atoms with E-state index in [0.717, 1.165) is 22.5 Å². The normalized spacial score (nSPS) is 15.4. The Balaban J connectivity index is 2.13. The molecular formula is C13H11NO. The highest BCUT2D eigenvalue weighted by Crippen LogP contribution is 2.41. The van der Waals surface area contributed by atoms with E-state index < -0.39 is 0 Å². The van der Waals surface area contributed by atoms with E-state index in [4.69, 9.17) is 9.68 Å². The van der Waals surface area contributed by atoms with Gasteiger partial charge in [0.25, 0.3) is 0 Å². The molecule has 1 heterocycles. The van der Waals surface area contributed by atoms with Crippen LogP contribution in [0.4, 0.5) is 0 Å². The van der Waals surface area contributed by atoms with Gasteiger partial charge in [0.2, 0.25) is 0 Å². The molecule has 1 saturated carbocycles. The molecule has 0 bridgehead atoms. The van der Waals surface area contributed by atoms with Crippen LogP contribution in [0.3, 0.4) is 0 Å². The number of hydrogen-bond acceptors (Lipinski definition) is 2. The van der Waals surface area contributed by atoms with Crippen LogP contribution in [-0.2, 0) is 6.42 Å². The molecule has 1 aromatic heterocycles. The fourth-order valence-corrected chi connectivity index (χ4v) is 1.99. The van der Waals surface area contributed by atoms with Crippen LogP contribution in [0.1, 0.15) is 29.9 Å². The summed E-state index contributed by atoms with van der Waals surface area (Å²) in [5, 5.41) is 9.81. The Bertz CT molecular complexity index is 543. The largest absolute Gasteiger partial charge is 0.464 e. The van der Waals surface area contributed by atoms with Crippen molar-refractivity contribution in [2.75, 3.05) is 0 Å². The van der Waals surface area contributed by atoms with E-state index in [1.807, 2.05) is 6.07 Å². The van der Waals surface area contributed by atoms with Crippen LogP contribution in [0.5, 0.6) is 0 Å². The lowest BCUT2D eigenvalue weighted by Gasteiger charge is -1.97. The first kappa shape index (κ1) is 8.55. The van der Waals surface area contributed by atoms with E-state index >= 15 is 0 Å². The van der Waals surface area contributed by atoms with E-state index in [0.29, 0.717) is 6.42 Å². The summed E-state index contributed by atoms with van der Waals surface area (Å²) in [6.07, 6.45) is 4.74. The molecule has 15 heavy (non-hydrogen) atoms. The van der Waals surface area contributed by atoms with Crippen molar-refractivity contribution in [3.05, 3.63) is 35.6 Å². The summed E-state index contributed by atoms with van der Waals surface area (Å²) in [4.78, 5) is 0. The molecule has 1 aliphatic rings. The highest BCUT2D eigenvalue weighted by Gasteiger charge is 2.23. The Hall–Kier alpha value is -1.75. The van der Waals surface area contributed by atoms with E-state index in [9.17, 15) is 0 Å². The summed E-state index contributed by atoms with van der Waals surface area (Å²) in [6, 6.07) is 8.51. The quantitative estimate of drug-likeness (QED) is 0.740. The fraction of sp³-hybridized carbons (Fsp3) is 0.308. The van der Waals surface area contributed by atoms with Gasteiger partial charge in [-0.3, -0.25) is 0 Å². The summed E-state index contributed by atoms with van der Waals surface area (Å²) in [5.41, 5.74) is 3.29. The first-order valence-corrected chi connectivity index (χ1v) is 5.25. The van der Waals surface area contributed by atoms with Gasteiger partial charge in [-0.2, -0.15) is 5.26 Å². The Morgan fingerprint density at radius 1 is 1.40 bits per heavy atom. The number of furan rings is 1. The third-order valence-electron chi connectivity index (χ3n) is 3.00. The zero-order chi connectivity index (χ0) is 10.3. The smallest absolute Gasteiger partial charge is 0.134 e. The third-order valence-corrected chi connectivity index (χ3v) is 3.00. The van der Waals surface area contributed by atoms with Crippen LogP contribution in [0.2, 0.25) is 0 Å². The third kappa shape index (κ3) is 1.41. The number of rotatable bonds is 2. The number of hydrogen-bond donors (Lipinski definition) is 0. The molecule has 0 radical (unpaired) electrons. The second kappa shape index (κ2) is 3.13. The molecule has 2 aromatic rings. The molecular weight excluding hydrogens is 186 g/mol. The van der Waals surface area contributed by atoms with Gasteiger partial charge in [-0.25, -0.2) is 0 Å². The minimum absolute atomic E-state index is 0.432. The van der Waals surface area contributed by atoms with Crippen LogP contribution < -0.4 is 0 Å². The van der Waals surface area contributed by atoms with E-state index in [-0.39, 0.29) is 0 Å². The first-order chi connectivity index (χ1) is 7.38. The topological polar surface area (TPSA) is 36.9 Å². The molecule has 0 spiro atoms. The number of fused-ring (bicyclic) bond motifs is 1. The molecule has 1 aromatic carbocycles. The number of benzene rings is 1. The molecule has 3 rings (SSSR count). The average molecular weight is 197 g/mol. The molecule has 0 aliphatic heterocycles. The Labute approximate surface area is 88.1 Å². The van der Waals surface area contributed by atoms with Crippen LogP contribution in [0, 0.1) is 11.3 Å². The van der Waals surface area contributed by atoms with Gasteiger partial charge >= 0.3 is 0 Å². The lowest BCUT2D eigenvalue weighted by atomic mass is 10.1. The van der Waals surface area contributed by atoms with E-state index in [2.05, 4.69) is 18.2 Å². The van der Waals surface area contributed by atoms with Crippen molar-refractivity contribution in [2.45, 2.75) is 25.2 Å². The van der Waals surface area contributed by atoms with Crippen LogP contribution in [0.15, 0.2) is 28.9 Å². The summed E-state index contributed by atoms with van der Waals surface area (Å²) in [5.74, 6) is 0.749. The molecule has 1 aliphatic carbocycles. The van der Waals surface area contributed by atoms with Gasteiger partial charge in [-0.15, -0.1) is 0 Å². The maximum atomic E-state index is 8.70. The van der Waals surface area contributed by atoms with E-state index in [1.54, 1.807) is 6.26 Å². The molecule has 0 unspecified atom stereocenters. The van der Waals surface area contributed by atoms with Crippen LogP contribution in [0.25, 0.3) is 11.0 Å². The van der Waals surface area contributed by atoms with Gasteiger partial charge in [0.15, 0.2) is 0 Å². The van der Waals surface area contributed by atoms with Crippen molar-refractivity contribution in [1.29, 1.82) is 5.26 Å². The van der Waals surface area contributed by atoms with Crippen molar-refractivity contribution in [2.24, 2.45) is 0 Å². The molecule has 1 fully saturated rings. The SMILES string of the molecule is N#CCc1coc2ccc(C3CC3)cc12. The van der Waals surface area contributed by atoms with Crippen LogP contribution in [-0.4, -0.2) is 0 Å². The predicted molar refractivity (Wildman–Crippen MR) is 57.5 cm³/mol. The Kier molecular flexibility index (Phi) is 1.78. The minimum atomic E-state index is 0.432. The zero-order valence-electron chi connectivity index (χ0n) is 8.36. The van der Waals surface area contributed by atoms with Gasteiger partial charge in [-0.1, -0.05) is 6.07 Å². The lowest BCUT2D eigenvalue weighted by Crippen LogP contribution is -1.81. The van der Waals surface area contributed by atoms with Gasteiger partial charge in [0, 0.05) is 10.9 Å². The van der Waals surface area contributed by atoms with Gasteiger partial charge < -0.3 is 4.42 Å². The highest BCUT2D eigenvalue weighted by atomic mass is 16.3. The maximum absolute atomic E-state index is 8.70. The predicted octanol–water partition coefficient (Wildman–Crippen LogP) is 3.38. The lowest BCUT2D eigenvalue weighted by molar-refractivity contribution is 0.612. The molecule has 0 amide bonds. The fourth-order valence-electron chi connectivity index (χ4n) is 1.99. The number of nitrogens with zero attached hydrogens (tertiary/aromatic N) is 1. The van der Waals surface area contributed by atoms with Crippen LogP contribution >= 0.6 is 0 Å². The zero-order valence-corrected chi connectivity index (χ0v) is 8.36. The van der Waals surface area contributed by atoms with Gasteiger partial charge in [0.05, 0.1) is 18.8 Å². The second-order valence-electron chi connectivity index (χ2n) is 4.13. The second-order valence-corrected chi connectivity index (χ2v) is 4.13. The monoisotopic (exact) mass is 197 g/mol. The Morgan fingerprint density at radius 2 is 2.27 bits per heavy atom.